The fourth-order valence-electron chi connectivity index (χ4n) is 8.68. The third-order valence-corrected chi connectivity index (χ3v) is 13.1. The minimum Gasteiger partial charge on any atom is -0.480 e. The van der Waals surface area contributed by atoms with Crippen LogP contribution in [0.4, 0.5) is 0 Å². The van der Waals surface area contributed by atoms with Gasteiger partial charge in [-0.2, -0.15) is 0 Å². The van der Waals surface area contributed by atoms with Crippen LogP contribution in [-0.4, -0.2) is 129 Å². The van der Waals surface area contributed by atoms with Crippen molar-refractivity contribution in [3.8, 4) is 0 Å². The highest BCUT2D eigenvalue weighted by molar-refractivity contribution is 5.97. The summed E-state index contributed by atoms with van der Waals surface area (Å²) in [5, 5.41) is 53.2. The van der Waals surface area contributed by atoms with Crippen LogP contribution in [0.5, 0.6) is 0 Å². The first kappa shape index (κ1) is 71.7. The molecular formula is C56H103N9O12. The van der Waals surface area contributed by atoms with E-state index in [-0.39, 0.29) is 80.4 Å². The van der Waals surface area contributed by atoms with Crippen molar-refractivity contribution in [2.75, 3.05) is 0 Å². The Bertz CT molecular complexity index is 1880. The molecule has 21 heteroatoms. The SMILES string of the molecule is C=C(N[C@@H](CC(C)C)C(=O)N[C@H](CCC(N)=O)C(=O)N[C@@H](CC(C)C)C(=O)N[C@@H](C(=O)N[C@H](C(=O)N[C@H](CC(C)C)C(=O)N[C@@H](CC(C)C)C(=O)O)[C@@H](C)CC)[C@@H](C)O)[C@H](CC(C)C)NC(=O)C[C@H](O)CCCCCCC. The van der Waals surface area contributed by atoms with E-state index in [1.807, 2.05) is 55.4 Å². The van der Waals surface area contributed by atoms with Gasteiger partial charge in [-0.3, -0.25) is 38.4 Å². The zero-order chi connectivity index (χ0) is 59.3. The lowest BCUT2D eigenvalue weighted by Crippen LogP contribution is -2.62. The molecule has 444 valence electrons. The Morgan fingerprint density at radius 1 is 0.455 bits per heavy atom. The Labute approximate surface area is 460 Å². The first-order valence-corrected chi connectivity index (χ1v) is 28.3. The molecular weight excluding hydrogens is 991 g/mol. The fourth-order valence-corrected chi connectivity index (χ4v) is 8.68. The summed E-state index contributed by atoms with van der Waals surface area (Å²) in [6, 6.07) is -9.64. The minimum atomic E-state index is -1.66. The van der Waals surface area contributed by atoms with Gasteiger partial charge in [-0.25, -0.2) is 4.79 Å². The number of aliphatic hydroxyl groups excluding tert-OH is 2. The highest BCUT2D eigenvalue weighted by Crippen LogP contribution is 2.18. The maximum atomic E-state index is 14.2. The number of aliphatic hydroxyl groups is 2. The van der Waals surface area contributed by atoms with E-state index in [9.17, 15) is 58.5 Å². The molecule has 0 aromatic carbocycles. The van der Waals surface area contributed by atoms with Crippen LogP contribution in [0.25, 0.3) is 0 Å². The summed E-state index contributed by atoms with van der Waals surface area (Å²) in [6.07, 6.45) is 3.98. The number of aliphatic carboxylic acids is 1. The van der Waals surface area contributed by atoms with E-state index in [1.165, 1.54) is 6.92 Å². The van der Waals surface area contributed by atoms with Crippen molar-refractivity contribution in [2.24, 2.45) is 41.2 Å². The topological polar surface area (TPSA) is 337 Å². The van der Waals surface area contributed by atoms with Crippen LogP contribution >= 0.6 is 0 Å². The predicted molar refractivity (Wildman–Crippen MR) is 298 cm³/mol. The summed E-state index contributed by atoms with van der Waals surface area (Å²) in [5.74, 6) is -7.99. The van der Waals surface area contributed by atoms with Gasteiger partial charge in [-0.1, -0.05) is 135 Å². The highest BCUT2D eigenvalue weighted by Gasteiger charge is 2.37. The molecule has 8 amide bonds. The normalized spacial score (nSPS) is 15.9. The van der Waals surface area contributed by atoms with Gasteiger partial charge in [-0.05, 0) is 87.4 Å². The number of primary amides is 1. The Morgan fingerprint density at radius 3 is 1.30 bits per heavy atom. The van der Waals surface area contributed by atoms with E-state index in [0.717, 1.165) is 32.1 Å². The Morgan fingerprint density at radius 2 is 0.844 bits per heavy atom. The predicted octanol–water partition coefficient (Wildman–Crippen LogP) is 3.97. The van der Waals surface area contributed by atoms with Gasteiger partial charge in [-0.15, -0.1) is 0 Å². The van der Waals surface area contributed by atoms with E-state index >= 15 is 0 Å². The van der Waals surface area contributed by atoms with Gasteiger partial charge in [0.25, 0.3) is 0 Å². The van der Waals surface area contributed by atoms with Crippen LogP contribution in [0, 0.1) is 35.5 Å². The van der Waals surface area contributed by atoms with Crippen molar-refractivity contribution in [1.82, 2.24) is 42.5 Å². The third-order valence-electron chi connectivity index (χ3n) is 13.1. The van der Waals surface area contributed by atoms with Crippen LogP contribution in [0.15, 0.2) is 12.3 Å². The van der Waals surface area contributed by atoms with E-state index in [4.69, 9.17) is 5.73 Å². The summed E-state index contributed by atoms with van der Waals surface area (Å²) in [4.78, 5) is 121. The summed E-state index contributed by atoms with van der Waals surface area (Å²) >= 11 is 0. The number of nitrogens with two attached hydrogens (primary N) is 1. The van der Waals surface area contributed by atoms with Crippen molar-refractivity contribution in [2.45, 2.75) is 254 Å². The number of rotatable bonds is 41. The van der Waals surface area contributed by atoms with Crippen molar-refractivity contribution in [3.05, 3.63) is 12.3 Å². The van der Waals surface area contributed by atoms with Gasteiger partial charge in [0.2, 0.25) is 47.3 Å². The summed E-state index contributed by atoms with van der Waals surface area (Å²) in [7, 11) is 0. The van der Waals surface area contributed by atoms with Gasteiger partial charge in [0, 0.05) is 12.1 Å². The second kappa shape index (κ2) is 37.5. The number of hydrogen-bond acceptors (Lipinski definition) is 12. The number of nitrogens with one attached hydrogen (secondary N) is 8. The molecule has 13 N–H and O–H groups in total. The number of carbonyl (C=O) groups excluding carboxylic acids is 8. The molecule has 0 aliphatic rings. The standard InChI is InChI=1S/C56H103N9O12/c1-16-18-19-20-21-22-39(67)30-47(69)59-41(25-31(3)4)37(14)58-42(26-32(5)6)51(71)60-40(23-24-46(57)68)50(70)61-44(28-34(9)10)53(73)65-49(38(15)66)55(75)64-48(36(13)17-2)54(74)62-43(27-33(7)8)52(72)63-45(56(76)77)29-35(11)12/h31-36,38-45,48-49,58,66-67H,14,16-30H2,1-13,15H3,(H2,57,68)(H,59,69)(H,60,71)(H,61,70)(H,62,74)(H,63,72)(H,64,75)(H,65,73)(H,76,77)/t36-,38+,39+,40+,41-,42-,43+,44-,45-,48-,49+/m0/s1. The minimum absolute atomic E-state index is 0.0234. The molecule has 0 aromatic rings. The average molecular weight is 1090 g/mol. The van der Waals surface area contributed by atoms with Gasteiger partial charge >= 0.3 is 5.97 Å². The molecule has 0 saturated carbocycles. The third kappa shape index (κ3) is 30.4. The largest absolute Gasteiger partial charge is 0.480 e. The second-order valence-corrected chi connectivity index (χ2v) is 23.2. The first-order chi connectivity index (χ1) is 35.8. The molecule has 0 rings (SSSR count). The van der Waals surface area contributed by atoms with Crippen LogP contribution in [-0.2, 0) is 43.2 Å². The zero-order valence-electron chi connectivity index (χ0n) is 49.1. The van der Waals surface area contributed by atoms with Crippen molar-refractivity contribution >= 4 is 53.2 Å². The number of carboxylic acid groups (broad SMARTS) is 1. The Kier molecular flexibility index (Phi) is 34.9. The van der Waals surface area contributed by atoms with Gasteiger partial charge < -0.3 is 63.6 Å². The van der Waals surface area contributed by atoms with Crippen molar-refractivity contribution < 1.29 is 58.5 Å². The van der Waals surface area contributed by atoms with Gasteiger partial charge in [0.15, 0.2) is 0 Å². The average Bonchev–Trinajstić information content (AvgIpc) is 3.30. The molecule has 0 fully saturated rings. The summed E-state index contributed by atoms with van der Waals surface area (Å²) in [5.41, 5.74) is 5.85. The molecule has 21 nitrogen and oxygen atoms in total. The number of carbonyl (C=O) groups is 9. The van der Waals surface area contributed by atoms with Gasteiger partial charge in [0.1, 0.15) is 42.3 Å². The van der Waals surface area contributed by atoms with E-state index in [0.29, 0.717) is 25.0 Å². The lowest BCUT2D eigenvalue weighted by Gasteiger charge is -2.31. The molecule has 0 spiro atoms. The van der Waals surface area contributed by atoms with Crippen molar-refractivity contribution in [3.63, 3.8) is 0 Å². The first-order valence-electron chi connectivity index (χ1n) is 28.3. The summed E-state index contributed by atoms with van der Waals surface area (Å²) < 4.78 is 0. The molecule has 0 bridgehead atoms. The van der Waals surface area contributed by atoms with E-state index < -0.39 is 114 Å². The molecule has 11 atom stereocenters. The second-order valence-electron chi connectivity index (χ2n) is 23.2. The van der Waals surface area contributed by atoms with Crippen LogP contribution < -0.4 is 48.3 Å². The number of carboxylic acids is 1. The number of hydrogen-bond donors (Lipinski definition) is 12. The smallest absolute Gasteiger partial charge is 0.326 e. The molecule has 0 radical (unpaired) electrons. The lowest BCUT2D eigenvalue weighted by atomic mass is 9.95. The molecule has 77 heavy (non-hydrogen) atoms. The molecule has 0 saturated heterocycles. The van der Waals surface area contributed by atoms with Crippen LogP contribution in [0.1, 0.15) is 193 Å². The van der Waals surface area contributed by atoms with E-state index in [1.54, 1.807) is 27.7 Å². The van der Waals surface area contributed by atoms with Crippen LogP contribution in [0.3, 0.4) is 0 Å². The lowest BCUT2D eigenvalue weighted by molar-refractivity contribution is -0.143. The fraction of sp³-hybridized carbons (Fsp3) is 0.804. The summed E-state index contributed by atoms with van der Waals surface area (Å²) in [6.45, 7) is 29.6. The highest BCUT2D eigenvalue weighted by atomic mass is 16.4. The molecule has 0 aliphatic heterocycles. The quantitative estimate of drug-likeness (QED) is 0.0386. The maximum absolute atomic E-state index is 14.2. The zero-order valence-corrected chi connectivity index (χ0v) is 49.1. The maximum Gasteiger partial charge on any atom is 0.326 e. The molecule has 0 aromatic heterocycles. The monoisotopic (exact) mass is 1090 g/mol. The molecule has 0 heterocycles. The molecule has 0 aliphatic carbocycles. The Balaban J connectivity index is 6.61. The number of unbranched alkanes of at least 4 members (excludes halogenated alkanes) is 4. The molecule has 0 unspecified atom stereocenters. The Hall–Kier alpha value is -5.31. The number of amides is 8. The van der Waals surface area contributed by atoms with E-state index in [2.05, 4.69) is 56.0 Å². The van der Waals surface area contributed by atoms with Gasteiger partial charge in [0.05, 0.1) is 24.7 Å². The van der Waals surface area contributed by atoms with Crippen molar-refractivity contribution in [1.29, 1.82) is 0 Å². The van der Waals surface area contributed by atoms with Crippen LogP contribution in [0.2, 0.25) is 0 Å².